The van der Waals surface area contributed by atoms with Crippen molar-refractivity contribution < 1.29 is 37.4 Å². The van der Waals surface area contributed by atoms with Gasteiger partial charge in [-0.15, -0.1) is 0 Å². The van der Waals surface area contributed by atoms with Gasteiger partial charge in [0.2, 0.25) is 17.8 Å². The highest BCUT2D eigenvalue weighted by Gasteiger charge is 2.28. The van der Waals surface area contributed by atoms with E-state index in [0.717, 1.165) is 5.56 Å². The lowest BCUT2D eigenvalue weighted by atomic mass is 10.0. The largest absolute Gasteiger partial charge is 0.480 e. The minimum absolute atomic E-state index is 0.00539. The standard InChI is InChI=1S/C29H40N6O8S/c1-19-12-14-21(15-13-19)44(41,42)35-27(30)31-16-8-11-22(34-28(40)43-29(2,3)4)26(39)33-23(25(38)32-18-24(36)37)17-20-9-6-5-7-10-20/h5-7,9-10,12-15,22-23H,8,11,16-18H2,1-4H3,(H,32,38)(H,33,39)(H,34,40)(H,36,37)(H3,30,31,35)/t22-,23-/m0/s1. The number of benzene rings is 2. The summed E-state index contributed by atoms with van der Waals surface area (Å²) in [7, 11) is -3.95. The normalized spacial score (nSPS) is 13.2. The number of carbonyl (C=O) groups is 4. The van der Waals surface area contributed by atoms with Crippen molar-refractivity contribution in [2.45, 2.75) is 69.5 Å². The van der Waals surface area contributed by atoms with E-state index in [0.29, 0.717) is 5.56 Å². The molecule has 0 heterocycles. The first-order chi connectivity index (χ1) is 20.6. The molecule has 0 aromatic heterocycles. The molecule has 0 radical (unpaired) electrons. The third-order valence-electron chi connectivity index (χ3n) is 5.84. The van der Waals surface area contributed by atoms with Crippen LogP contribution in [-0.2, 0) is 35.6 Å². The zero-order valence-electron chi connectivity index (χ0n) is 25.1. The Hall–Kier alpha value is -4.66. The second-order valence-corrected chi connectivity index (χ2v) is 12.6. The smallest absolute Gasteiger partial charge is 0.408 e. The number of alkyl carbamates (subject to hydrolysis) is 1. The molecule has 3 amide bonds. The summed E-state index contributed by atoms with van der Waals surface area (Å²) in [5.41, 5.74) is 6.52. The first kappa shape index (κ1) is 35.5. The van der Waals surface area contributed by atoms with Crippen LogP contribution >= 0.6 is 0 Å². The average Bonchev–Trinajstić information content (AvgIpc) is 2.92. The highest BCUT2D eigenvalue weighted by molar-refractivity contribution is 7.90. The molecular formula is C29H40N6O8S. The fourth-order valence-corrected chi connectivity index (χ4v) is 4.73. The van der Waals surface area contributed by atoms with Crippen molar-refractivity contribution in [3.63, 3.8) is 0 Å². The Labute approximate surface area is 256 Å². The van der Waals surface area contributed by atoms with E-state index >= 15 is 0 Å². The maximum Gasteiger partial charge on any atom is 0.408 e. The van der Waals surface area contributed by atoms with Crippen LogP contribution in [0.5, 0.6) is 0 Å². The summed E-state index contributed by atoms with van der Waals surface area (Å²) in [5.74, 6) is -3.06. The van der Waals surface area contributed by atoms with Crippen LogP contribution < -0.4 is 26.4 Å². The first-order valence-electron chi connectivity index (χ1n) is 13.8. The Morgan fingerprint density at radius 3 is 2.18 bits per heavy atom. The summed E-state index contributed by atoms with van der Waals surface area (Å²) < 4.78 is 32.5. The number of nitrogens with zero attached hydrogens (tertiary/aromatic N) is 1. The Kier molecular flexibility index (Phi) is 13.1. The Balaban J connectivity index is 2.14. The molecule has 240 valence electrons. The van der Waals surface area contributed by atoms with Crippen molar-refractivity contribution in [3.8, 4) is 0 Å². The maximum absolute atomic E-state index is 13.4. The number of hydrogen-bond donors (Lipinski definition) is 6. The number of nitrogens with two attached hydrogens (primary N) is 1. The van der Waals surface area contributed by atoms with Gasteiger partial charge in [0.25, 0.3) is 10.0 Å². The summed E-state index contributed by atoms with van der Waals surface area (Å²) in [6, 6.07) is 12.6. The molecule has 0 spiro atoms. The predicted octanol–water partition coefficient (Wildman–Crippen LogP) is 1.19. The molecule has 0 aliphatic rings. The summed E-state index contributed by atoms with van der Waals surface area (Å²) in [6.45, 7) is 6.13. The van der Waals surface area contributed by atoms with Gasteiger partial charge in [-0.25, -0.2) is 17.9 Å². The van der Waals surface area contributed by atoms with E-state index in [9.17, 15) is 27.6 Å². The van der Waals surface area contributed by atoms with Gasteiger partial charge in [-0.3, -0.25) is 19.4 Å². The summed E-state index contributed by atoms with van der Waals surface area (Å²) >= 11 is 0. The molecule has 2 atom stereocenters. The van der Waals surface area contributed by atoms with Crippen LogP contribution in [0, 0.1) is 6.92 Å². The summed E-state index contributed by atoms with van der Waals surface area (Å²) in [4.78, 5) is 53.7. The molecule has 2 aromatic rings. The highest BCUT2D eigenvalue weighted by atomic mass is 32.2. The van der Waals surface area contributed by atoms with Crippen LogP contribution in [0.3, 0.4) is 0 Å². The molecule has 0 bridgehead atoms. The molecule has 2 rings (SSSR count). The molecule has 0 saturated carbocycles. The van der Waals surface area contributed by atoms with Gasteiger partial charge < -0.3 is 31.5 Å². The number of hydrogen-bond acceptors (Lipinski definition) is 8. The van der Waals surface area contributed by atoms with E-state index in [-0.39, 0.29) is 36.7 Å². The molecule has 7 N–H and O–H groups in total. The molecular weight excluding hydrogens is 592 g/mol. The fraction of sp³-hybridized carbons (Fsp3) is 0.414. The van der Waals surface area contributed by atoms with Crippen molar-refractivity contribution in [2.75, 3.05) is 13.1 Å². The Morgan fingerprint density at radius 2 is 1.59 bits per heavy atom. The minimum Gasteiger partial charge on any atom is -0.480 e. The Morgan fingerprint density at radius 1 is 0.955 bits per heavy atom. The van der Waals surface area contributed by atoms with Gasteiger partial charge in [-0.2, -0.15) is 0 Å². The van der Waals surface area contributed by atoms with Crippen molar-refractivity contribution >= 4 is 39.9 Å². The van der Waals surface area contributed by atoms with Gasteiger partial charge in [0.05, 0.1) is 4.90 Å². The topological polar surface area (TPSA) is 218 Å². The molecule has 0 unspecified atom stereocenters. The van der Waals surface area contributed by atoms with Crippen LogP contribution in [0.1, 0.15) is 44.7 Å². The lowest BCUT2D eigenvalue weighted by molar-refractivity contribution is -0.138. The number of carbonyl (C=O) groups excluding carboxylic acids is 3. The van der Waals surface area contributed by atoms with Gasteiger partial charge in [-0.1, -0.05) is 48.0 Å². The van der Waals surface area contributed by atoms with Crippen molar-refractivity contribution in [2.24, 2.45) is 10.7 Å². The third kappa shape index (κ3) is 13.1. The lowest BCUT2D eigenvalue weighted by Crippen LogP contribution is -2.55. The van der Waals surface area contributed by atoms with E-state index in [2.05, 4.69) is 25.7 Å². The number of sulfonamides is 1. The van der Waals surface area contributed by atoms with Crippen LogP contribution in [0.15, 0.2) is 64.5 Å². The molecule has 2 aromatic carbocycles. The van der Waals surface area contributed by atoms with Gasteiger partial charge in [-0.05, 0) is 58.2 Å². The number of carboxylic acid groups (broad SMARTS) is 1. The van der Waals surface area contributed by atoms with E-state index < -0.39 is 58.1 Å². The average molecular weight is 633 g/mol. The Bertz CT molecular complexity index is 1420. The quantitative estimate of drug-likeness (QED) is 0.0999. The molecule has 44 heavy (non-hydrogen) atoms. The first-order valence-corrected chi connectivity index (χ1v) is 15.3. The number of aliphatic imine (C=N–C) groups is 1. The predicted molar refractivity (Wildman–Crippen MR) is 163 cm³/mol. The van der Waals surface area contributed by atoms with E-state index in [1.165, 1.54) is 12.1 Å². The summed E-state index contributed by atoms with van der Waals surface area (Å²) in [6.07, 6.45) is -0.628. The number of amides is 3. The highest BCUT2D eigenvalue weighted by Crippen LogP contribution is 2.11. The van der Waals surface area contributed by atoms with E-state index in [4.69, 9.17) is 15.6 Å². The maximum atomic E-state index is 13.4. The molecule has 0 fully saturated rings. The monoisotopic (exact) mass is 632 g/mol. The van der Waals surface area contributed by atoms with E-state index in [1.807, 2.05) is 6.92 Å². The van der Waals surface area contributed by atoms with Crippen molar-refractivity contribution in [3.05, 3.63) is 65.7 Å². The molecule has 15 heteroatoms. The van der Waals surface area contributed by atoms with Gasteiger partial charge in [0.15, 0.2) is 0 Å². The van der Waals surface area contributed by atoms with Crippen molar-refractivity contribution in [1.29, 1.82) is 0 Å². The van der Waals surface area contributed by atoms with Gasteiger partial charge in [0, 0.05) is 13.0 Å². The second-order valence-electron chi connectivity index (χ2n) is 10.9. The van der Waals surface area contributed by atoms with Crippen LogP contribution in [0.25, 0.3) is 0 Å². The van der Waals surface area contributed by atoms with Crippen molar-refractivity contribution in [1.82, 2.24) is 20.7 Å². The number of carboxylic acids is 1. The van der Waals surface area contributed by atoms with Gasteiger partial charge >= 0.3 is 12.1 Å². The minimum atomic E-state index is -3.95. The SMILES string of the molecule is Cc1ccc(S(=O)(=O)NC(N)=NCCC[C@H](NC(=O)OC(C)(C)C)C(=O)N[C@@H](Cc2ccccc2)C(=O)NCC(=O)O)cc1. The number of aryl methyl sites for hydroxylation is 1. The summed E-state index contributed by atoms with van der Waals surface area (Å²) in [5, 5.41) is 16.3. The fourth-order valence-electron chi connectivity index (χ4n) is 3.78. The molecule has 0 aliphatic carbocycles. The van der Waals surface area contributed by atoms with Crippen LogP contribution in [0.2, 0.25) is 0 Å². The zero-order valence-corrected chi connectivity index (χ0v) is 25.9. The van der Waals surface area contributed by atoms with Crippen LogP contribution in [0.4, 0.5) is 4.79 Å². The molecule has 0 saturated heterocycles. The molecule has 14 nitrogen and oxygen atoms in total. The number of ether oxygens (including phenoxy) is 1. The number of aliphatic carboxylic acids is 1. The van der Waals surface area contributed by atoms with E-state index in [1.54, 1.807) is 63.2 Å². The number of nitrogens with one attached hydrogen (secondary N) is 4. The second kappa shape index (κ2) is 16.3. The third-order valence-corrected chi connectivity index (χ3v) is 7.21. The molecule has 0 aliphatic heterocycles. The van der Waals surface area contributed by atoms with Gasteiger partial charge in [0.1, 0.15) is 24.2 Å². The van der Waals surface area contributed by atoms with Crippen LogP contribution in [-0.4, -0.2) is 74.1 Å². The number of rotatable bonds is 14. The zero-order chi connectivity index (χ0) is 32.9. The number of guanidine groups is 1. The lowest BCUT2D eigenvalue weighted by Gasteiger charge is -2.25.